The van der Waals surface area contributed by atoms with Crippen LogP contribution in [0.25, 0.3) is 0 Å². The van der Waals surface area contributed by atoms with Crippen molar-refractivity contribution in [2.24, 2.45) is 0 Å². The summed E-state index contributed by atoms with van der Waals surface area (Å²) in [5.74, 6) is 0.0211. The van der Waals surface area contributed by atoms with Crippen molar-refractivity contribution in [3.63, 3.8) is 0 Å². The second-order valence-electron chi connectivity index (χ2n) is 5.40. The van der Waals surface area contributed by atoms with Crippen molar-refractivity contribution in [1.29, 1.82) is 0 Å². The number of nitrogens with zero attached hydrogens (tertiary/aromatic N) is 2. The molecule has 0 aromatic carbocycles. The van der Waals surface area contributed by atoms with Crippen LogP contribution in [0.1, 0.15) is 26.7 Å². The molecule has 6 nitrogen and oxygen atoms in total. The van der Waals surface area contributed by atoms with Crippen LogP contribution in [0, 0.1) is 0 Å². The first kappa shape index (κ1) is 15.0. The lowest BCUT2D eigenvalue weighted by Gasteiger charge is -2.20. The van der Waals surface area contributed by atoms with Crippen LogP contribution in [-0.2, 0) is 16.1 Å². The van der Waals surface area contributed by atoms with Crippen molar-refractivity contribution in [2.45, 2.75) is 51.4 Å². The Balaban J connectivity index is 1.67. The van der Waals surface area contributed by atoms with Crippen LogP contribution in [-0.4, -0.2) is 47.0 Å². The highest BCUT2D eigenvalue weighted by Crippen LogP contribution is 2.10. The van der Waals surface area contributed by atoms with E-state index in [0.29, 0.717) is 6.54 Å². The lowest BCUT2D eigenvalue weighted by atomic mass is 10.2. The first-order valence-electron chi connectivity index (χ1n) is 7.28. The maximum Gasteiger partial charge on any atom is 0.236 e. The fourth-order valence-electron chi connectivity index (χ4n) is 2.42. The van der Waals surface area contributed by atoms with E-state index in [4.69, 9.17) is 4.74 Å². The van der Waals surface area contributed by atoms with E-state index in [1.54, 1.807) is 6.20 Å². The minimum atomic E-state index is -0.220. The maximum atomic E-state index is 12.0. The van der Waals surface area contributed by atoms with Crippen molar-refractivity contribution in [1.82, 2.24) is 20.4 Å². The fourth-order valence-corrected chi connectivity index (χ4v) is 2.42. The number of amides is 1. The van der Waals surface area contributed by atoms with Crippen molar-refractivity contribution in [3.05, 3.63) is 18.5 Å². The van der Waals surface area contributed by atoms with Crippen LogP contribution >= 0.6 is 0 Å². The van der Waals surface area contributed by atoms with Crippen LogP contribution < -0.4 is 10.6 Å². The monoisotopic (exact) mass is 280 g/mol. The summed E-state index contributed by atoms with van der Waals surface area (Å²) < 4.78 is 7.34. The van der Waals surface area contributed by atoms with Gasteiger partial charge in [-0.3, -0.25) is 9.48 Å². The molecule has 0 aliphatic carbocycles. The van der Waals surface area contributed by atoms with Gasteiger partial charge in [-0.15, -0.1) is 0 Å². The third kappa shape index (κ3) is 4.61. The van der Waals surface area contributed by atoms with Gasteiger partial charge in [-0.1, -0.05) is 0 Å². The second kappa shape index (κ2) is 7.40. The summed E-state index contributed by atoms with van der Waals surface area (Å²) in [6, 6.07) is 1.85. The van der Waals surface area contributed by atoms with Gasteiger partial charge >= 0.3 is 0 Å². The van der Waals surface area contributed by atoms with Crippen LogP contribution in [0.4, 0.5) is 0 Å². The van der Waals surface area contributed by atoms with Crippen molar-refractivity contribution in [2.75, 3.05) is 13.2 Å². The highest BCUT2D eigenvalue weighted by Gasteiger charge is 2.19. The Bertz CT molecular complexity index is 401. The van der Waals surface area contributed by atoms with Crippen LogP contribution in [0.5, 0.6) is 0 Å². The largest absolute Gasteiger partial charge is 0.376 e. The third-order valence-corrected chi connectivity index (χ3v) is 3.48. The van der Waals surface area contributed by atoms with E-state index >= 15 is 0 Å². The molecule has 2 N–H and O–H groups in total. The van der Waals surface area contributed by atoms with E-state index in [-0.39, 0.29) is 24.1 Å². The Labute approximate surface area is 119 Å². The Morgan fingerprint density at radius 3 is 3.05 bits per heavy atom. The van der Waals surface area contributed by atoms with Gasteiger partial charge in [0, 0.05) is 31.6 Å². The molecule has 0 spiro atoms. The molecule has 1 saturated heterocycles. The summed E-state index contributed by atoms with van der Waals surface area (Å²) >= 11 is 0. The number of aromatic nitrogens is 2. The normalized spacial score (nSPS) is 21.6. The Hall–Kier alpha value is -1.40. The molecule has 1 aromatic heterocycles. The minimum Gasteiger partial charge on any atom is -0.376 e. The van der Waals surface area contributed by atoms with E-state index in [0.717, 1.165) is 26.0 Å². The lowest BCUT2D eigenvalue weighted by Crippen LogP contribution is -2.48. The van der Waals surface area contributed by atoms with Gasteiger partial charge in [0.1, 0.15) is 0 Å². The topological polar surface area (TPSA) is 68.2 Å². The highest BCUT2D eigenvalue weighted by molar-refractivity contribution is 5.81. The molecule has 0 bridgehead atoms. The molecule has 3 atom stereocenters. The number of rotatable bonds is 7. The predicted octanol–water partition coefficient (Wildman–Crippen LogP) is 0.545. The van der Waals surface area contributed by atoms with Crippen molar-refractivity contribution >= 4 is 5.91 Å². The van der Waals surface area contributed by atoms with Crippen LogP contribution in [0.3, 0.4) is 0 Å². The zero-order valence-electron chi connectivity index (χ0n) is 12.2. The Morgan fingerprint density at radius 2 is 2.40 bits per heavy atom. The first-order valence-corrected chi connectivity index (χ1v) is 7.28. The van der Waals surface area contributed by atoms with Gasteiger partial charge in [0.25, 0.3) is 0 Å². The number of carbonyl (C=O) groups excluding carboxylic acids is 1. The van der Waals surface area contributed by atoms with Gasteiger partial charge in [-0.2, -0.15) is 5.10 Å². The molecule has 1 aromatic rings. The number of ether oxygens (including phenoxy) is 1. The first-order chi connectivity index (χ1) is 9.65. The maximum absolute atomic E-state index is 12.0. The zero-order chi connectivity index (χ0) is 14.4. The second-order valence-corrected chi connectivity index (χ2v) is 5.40. The standard InChI is InChI=1S/C14H24N4O2/c1-11(10-18-7-4-6-16-18)17-12(2)14(19)15-9-13-5-3-8-20-13/h4,6-7,11-13,17H,3,5,8-10H2,1-2H3,(H,15,19). The van der Waals surface area contributed by atoms with Crippen molar-refractivity contribution < 1.29 is 9.53 Å². The van der Waals surface area contributed by atoms with E-state index in [1.807, 2.05) is 30.8 Å². The molecule has 20 heavy (non-hydrogen) atoms. The smallest absolute Gasteiger partial charge is 0.236 e. The summed E-state index contributed by atoms with van der Waals surface area (Å²) in [4.78, 5) is 12.0. The summed E-state index contributed by atoms with van der Waals surface area (Å²) in [5, 5.41) is 10.4. The molecule has 1 amide bonds. The molecule has 112 valence electrons. The van der Waals surface area contributed by atoms with Gasteiger partial charge < -0.3 is 15.4 Å². The molecule has 0 saturated carbocycles. The van der Waals surface area contributed by atoms with E-state index < -0.39 is 0 Å². The summed E-state index contributed by atoms with van der Waals surface area (Å²) in [6.45, 7) is 6.10. The van der Waals surface area contributed by atoms with Crippen LogP contribution in [0.2, 0.25) is 0 Å². The van der Waals surface area contributed by atoms with E-state index in [1.165, 1.54) is 0 Å². The quantitative estimate of drug-likeness (QED) is 0.765. The number of hydrogen-bond donors (Lipinski definition) is 2. The average molecular weight is 280 g/mol. The molecular formula is C14H24N4O2. The molecule has 1 aliphatic rings. The van der Waals surface area contributed by atoms with Gasteiger partial charge in [0.2, 0.25) is 5.91 Å². The molecule has 0 radical (unpaired) electrons. The SMILES string of the molecule is CC(Cn1cccn1)NC(C)C(=O)NCC1CCCO1. The molecule has 1 fully saturated rings. The van der Waals surface area contributed by atoms with Gasteiger partial charge in [0.15, 0.2) is 0 Å². The molecular weight excluding hydrogens is 256 g/mol. The van der Waals surface area contributed by atoms with Gasteiger partial charge in [-0.25, -0.2) is 0 Å². The molecule has 2 heterocycles. The fraction of sp³-hybridized carbons (Fsp3) is 0.714. The summed E-state index contributed by atoms with van der Waals surface area (Å²) in [6.07, 6.45) is 5.99. The lowest BCUT2D eigenvalue weighted by molar-refractivity contribution is -0.123. The summed E-state index contributed by atoms with van der Waals surface area (Å²) in [7, 11) is 0. The predicted molar refractivity (Wildman–Crippen MR) is 76.3 cm³/mol. The van der Waals surface area contributed by atoms with E-state index in [2.05, 4.69) is 15.7 Å². The highest BCUT2D eigenvalue weighted by atomic mass is 16.5. The Morgan fingerprint density at radius 1 is 1.55 bits per heavy atom. The third-order valence-electron chi connectivity index (χ3n) is 3.48. The number of carbonyl (C=O) groups is 1. The molecule has 6 heteroatoms. The molecule has 1 aliphatic heterocycles. The summed E-state index contributed by atoms with van der Waals surface area (Å²) in [5.41, 5.74) is 0. The average Bonchev–Trinajstić information content (AvgIpc) is 3.08. The van der Waals surface area contributed by atoms with Gasteiger partial charge in [0.05, 0.1) is 18.7 Å². The Kier molecular flexibility index (Phi) is 5.55. The number of nitrogens with one attached hydrogen (secondary N) is 2. The molecule has 2 rings (SSSR count). The van der Waals surface area contributed by atoms with Crippen molar-refractivity contribution in [3.8, 4) is 0 Å². The van der Waals surface area contributed by atoms with Crippen LogP contribution in [0.15, 0.2) is 18.5 Å². The minimum absolute atomic E-state index is 0.0211. The van der Waals surface area contributed by atoms with Gasteiger partial charge in [-0.05, 0) is 32.8 Å². The molecule has 3 unspecified atom stereocenters. The number of hydrogen-bond acceptors (Lipinski definition) is 4. The zero-order valence-corrected chi connectivity index (χ0v) is 12.2. The van der Waals surface area contributed by atoms with E-state index in [9.17, 15) is 4.79 Å².